The fourth-order valence-electron chi connectivity index (χ4n) is 0.981. The molecule has 0 fully saturated rings. The topological polar surface area (TPSA) is 52.1 Å². The molecular weight excluding hydrogens is 307 g/mol. The molecule has 0 radical (unpaired) electrons. The number of hydrogen-bond donors (Lipinski definition) is 0. The van der Waals surface area contributed by atoms with Crippen LogP contribution in [-0.4, -0.2) is 8.75 Å². The molecule has 0 aliphatic carbocycles. The van der Waals surface area contributed by atoms with Crippen LogP contribution in [0.3, 0.4) is 0 Å². The summed E-state index contributed by atoms with van der Waals surface area (Å²) >= 11 is 17.9. The molecule has 0 saturated carbocycles. The van der Waals surface area contributed by atoms with Crippen LogP contribution in [0.1, 0.15) is 0 Å². The molecular formula is C9H3Cl3N2O2S. The molecule has 1 aromatic carbocycles. The number of halogens is 3. The maximum absolute atomic E-state index is 11.5. The minimum Gasteiger partial charge on any atom is -0.435 e. The van der Waals surface area contributed by atoms with Crippen molar-refractivity contribution in [3.63, 3.8) is 0 Å². The molecule has 8 heteroatoms. The van der Waals surface area contributed by atoms with E-state index in [-0.39, 0.29) is 11.0 Å². The molecule has 17 heavy (non-hydrogen) atoms. The Bertz CT molecular complexity index is 617. The third-order valence-corrected chi connectivity index (χ3v) is 3.34. The second-order valence-electron chi connectivity index (χ2n) is 2.87. The van der Waals surface area contributed by atoms with E-state index < -0.39 is 5.43 Å². The summed E-state index contributed by atoms with van der Waals surface area (Å²) in [7, 11) is 0. The number of aromatic nitrogens is 2. The van der Waals surface area contributed by atoms with Crippen LogP contribution in [0, 0.1) is 0 Å². The van der Waals surface area contributed by atoms with Crippen LogP contribution in [-0.2, 0) is 0 Å². The van der Waals surface area contributed by atoms with E-state index in [1.807, 2.05) is 0 Å². The van der Waals surface area contributed by atoms with Gasteiger partial charge in [0.15, 0.2) is 5.15 Å². The van der Waals surface area contributed by atoms with Crippen molar-refractivity contribution in [1.29, 1.82) is 0 Å². The van der Waals surface area contributed by atoms with Gasteiger partial charge in [-0.3, -0.25) is 4.79 Å². The van der Waals surface area contributed by atoms with Crippen LogP contribution in [0.15, 0.2) is 23.0 Å². The second-order valence-corrected chi connectivity index (χ2v) is 4.57. The Hall–Kier alpha value is -0.880. The predicted molar refractivity (Wildman–Crippen MR) is 67.7 cm³/mol. The third kappa shape index (κ3) is 2.87. The average Bonchev–Trinajstić information content (AvgIpc) is 2.30. The quantitative estimate of drug-likeness (QED) is 0.849. The largest absolute Gasteiger partial charge is 0.435 e. The molecule has 0 amide bonds. The molecule has 0 N–H and O–H groups in total. The van der Waals surface area contributed by atoms with Crippen molar-refractivity contribution >= 4 is 46.5 Å². The summed E-state index contributed by atoms with van der Waals surface area (Å²) in [6.45, 7) is 0. The van der Waals surface area contributed by atoms with Gasteiger partial charge in [0.2, 0.25) is 0 Å². The van der Waals surface area contributed by atoms with E-state index in [0.29, 0.717) is 15.8 Å². The van der Waals surface area contributed by atoms with E-state index in [2.05, 4.69) is 8.75 Å². The first kappa shape index (κ1) is 12.6. The molecule has 0 aliphatic heterocycles. The second kappa shape index (κ2) is 5.18. The Morgan fingerprint density at radius 3 is 2.59 bits per heavy atom. The highest BCUT2D eigenvalue weighted by atomic mass is 35.5. The van der Waals surface area contributed by atoms with E-state index in [4.69, 9.17) is 39.5 Å². The lowest BCUT2D eigenvalue weighted by Crippen LogP contribution is -2.07. The maximum Gasteiger partial charge on any atom is 0.283 e. The zero-order valence-corrected chi connectivity index (χ0v) is 11.1. The Morgan fingerprint density at radius 1 is 1.12 bits per heavy atom. The first-order valence-corrected chi connectivity index (χ1v) is 6.09. The van der Waals surface area contributed by atoms with Crippen LogP contribution in [0.25, 0.3) is 0 Å². The van der Waals surface area contributed by atoms with Crippen LogP contribution in [0.5, 0.6) is 11.6 Å². The molecule has 4 nitrogen and oxygen atoms in total. The lowest BCUT2D eigenvalue weighted by Gasteiger charge is -2.04. The van der Waals surface area contributed by atoms with Gasteiger partial charge in [-0.05, 0) is 12.1 Å². The van der Waals surface area contributed by atoms with Gasteiger partial charge in [-0.15, -0.1) is 4.37 Å². The SMILES string of the molecule is O=c1c(Cl)nsnc1Oc1ccc(Cl)c(Cl)c1. The van der Waals surface area contributed by atoms with Gasteiger partial charge in [0.05, 0.1) is 21.8 Å². The highest BCUT2D eigenvalue weighted by molar-refractivity contribution is 6.99. The van der Waals surface area contributed by atoms with Crippen molar-refractivity contribution in [3.05, 3.63) is 43.6 Å². The standard InChI is InChI=1S/C9H3Cl3N2O2S/c10-5-2-1-4(3-6(5)11)16-9-7(15)8(12)13-17-14-9/h1-3H. The van der Waals surface area contributed by atoms with Crippen molar-refractivity contribution in [2.45, 2.75) is 0 Å². The average molecular weight is 310 g/mol. The first-order valence-electron chi connectivity index (χ1n) is 4.23. The lowest BCUT2D eigenvalue weighted by atomic mass is 10.3. The molecule has 88 valence electrons. The molecule has 0 aliphatic rings. The normalized spacial score (nSPS) is 10.3. The summed E-state index contributed by atoms with van der Waals surface area (Å²) < 4.78 is 12.5. The Morgan fingerprint density at radius 2 is 1.88 bits per heavy atom. The van der Waals surface area contributed by atoms with Gasteiger partial charge in [0.1, 0.15) is 5.75 Å². The van der Waals surface area contributed by atoms with E-state index >= 15 is 0 Å². The summed E-state index contributed by atoms with van der Waals surface area (Å²) in [5.74, 6) is 0.201. The molecule has 0 spiro atoms. The van der Waals surface area contributed by atoms with E-state index in [9.17, 15) is 4.79 Å². The summed E-state index contributed by atoms with van der Waals surface area (Å²) in [6, 6.07) is 4.59. The highest BCUT2D eigenvalue weighted by Gasteiger charge is 2.10. The molecule has 0 atom stereocenters. The summed E-state index contributed by atoms with van der Waals surface area (Å²) in [4.78, 5) is 11.5. The van der Waals surface area contributed by atoms with E-state index in [1.165, 1.54) is 6.07 Å². The van der Waals surface area contributed by atoms with Gasteiger partial charge in [-0.25, -0.2) is 0 Å². The Kier molecular flexibility index (Phi) is 3.83. The molecule has 2 aromatic rings. The number of ether oxygens (including phenoxy) is 1. The lowest BCUT2D eigenvalue weighted by molar-refractivity contribution is 0.462. The molecule has 2 rings (SSSR count). The molecule has 1 heterocycles. The van der Waals surface area contributed by atoms with Crippen LogP contribution in [0.4, 0.5) is 0 Å². The van der Waals surface area contributed by atoms with E-state index in [0.717, 1.165) is 11.7 Å². The summed E-state index contributed by atoms with van der Waals surface area (Å²) in [6.07, 6.45) is 0. The number of nitrogens with zero attached hydrogens (tertiary/aromatic N) is 2. The molecule has 1 aromatic heterocycles. The summed E-state index contributed by atoms with van der Waals surface area (Å²) in [5.41, 5.74) is -0.573. The van der Waals surface area contributed by atoms with Crippen molar-refractivity contribution in [2.24, 2.45) is 0 Å². The monoisotopic (exact) mass is 308 g/mol. The Labute approximate surface area is 115 Å². The van der Waals surface area contributed by atoms with Crippen LogP contribution in [0.2, 0.25) is 15.2 Å². The van der Waals surface area contributed by atoms with E-state index in [1.54, 1.807) is 12.1 Å². The number of hydrogen-bond acceptors (Lipinski definition) is 5. The molecule has 0 unspecified atom stereocenters. The minimum atomic E-state index is -0.573. The maximum atomic E-state index is 11.5. The third-order valence-electron chi connectivity index (χ3n) is 1.73. The van der Waals surface area contributed by atoms with Crippen molar-refractivity contribution in [1.82, 2.24) is 8.75 Å². The van der Waals surface area contributed by atoms with Gasteiger partial charge in [-0.2, -0.15) is 4.37 Å². The fourth-order valence-corrected chi connectivity index (χ4v) is 1.83. The zero-order chi connectivity index (χ0) is 12.4. The van der Waals surface area contributed by atoms with Gasteiger partial charge >= 0.3 is 0 Å². The summed E-state index contributed by atoms with van der Waals surface area (Å²) in [5, 5.41) is 0.533. The van der Waals surface area contributed by atoms with Gasteiger partial charge in [0, 0.05) is 6.07 Å². The van der Waals surface area contributed by atoms with Crippen molar-refractivity contribution < 1.29 is 4.74 Å². The van der Waals surface area contributed by atoms with Crippen LogP contribution < -0.4 is 10.2 Å². The van der Waals surface area contributed by atoms with Gasteiger partial charge < -0.3 is 4.74 Å². The smallest absolute Gasteiger partial charge is 0.283 e. The van der Waals surface area contributed by atoms with Gasteiger partial charge in [-0.1, -0.05) is 34.8 Å². The fraction of sp³-hybridized carbons (Fsp3) is 0. The Balaban J connectivity index is 2.35. The number of benzene rings is 1. The van der Waals surface area contributed by atoms with Gasteiger partial charge in [0.25, 0.3) is 11.3 Å². The first-order chi connectivity index (χ1) is 8.08. The molecule has 0 saturated heterocycles. The molecule has 0 bridgehead atoms. The van der Waals surface area contributed by atoms with Crippen molar-refractivity contribution in [2.75, 3.05) is 0 Å². The van der Waals surface area contributed by atoms with Crippen LogP contribution >= 0.6 is 46.5 Å². The number of rotatable bonds is 2. The highest BCUT2D eigenvalue weighted by Crippen LogP contribution is 2.28. The zero-order valence-electron chi connectivity index (χ0n) is 7.99. The van der Waals surface area contributed by atoms with Crippen molar-refractivity contribution in [3.8, 4) is 11.6 Å². The predicted octanol–water partition coefficient (Wildman–Crippen LogP) is 3.65. The minimum absolute atomic E-state index is 0.145.